The van der Waals surface area contributed by atoms with Gasteiger partial charge in [0.05, 0.1) is 23.5 Å². The zero-order valence-electron chi connectivity index (χ0n) is 18.6. The molecule has 2 aromatic rings. The van der Waals surface area contributed by atoms with Crippen molar-refractivity contribution < 1.29 is 31.1 Å². The van der Waals surface area contributed by atoms with Gasteiger partial charge in [0, 0.05) is 12.0 Å². The lowest BCUT2D eigenvalue weighted by molar-refractivity contribution is -0.137. The molecule has 10 heteroatoms. The molecule has 1 aliphatic heterocycles. The van der Waals surface area contributed by atoms with Gasteiger partial charge in [0.25, 0.3) is 0 Å². The number of hydrogen-bond donors (Lipinski definition) is 1. The third-order valence-corrected chi connectivity index (χ3v) is 7.11. The van der Waals surface area contributed by atoms with Gasteiger partial charge in [-0.05, 0) is 37.1 Å². The zero-order chi connectivity index (χ0) is 24.4. The normalized spacial score (nSPS) is 17.6. The Morgan fingerprint density at radius 3 is 2.42 bits per heavy atom. The van der Waals surface area contributed by atoms with E-state index < -0.39 is 45.9 Å². The van der Waals surface area contributed by atoms with E-state index in [0.717, 1.165) is 30.0 Å². The highest BCUT2D eigenvalue weighted by molar-refractivity contribution is 7.92. The van der Waals surface area contributed by atoms with Crippen molar-refractivity contribution >= 4 is 21.6 Å². The Labute approximate surface area is 191 Å². The summed E-state index contributed by atoms with van der Waals surface area (Å²) in [4.78, 5) is 12.9. The molecule has 180 valence electrons. The van der Waals surface area contributed by atoms with Gasteiger partial charge in [0.2, 0.25) is 15.9 Å². The van der Waals surface area contributed by atoms with Gasteiger partial charge >= 0.3 is 6.18 Å². The summed E-state index contributed by atoms with van der Waals surface area (Å²) in [5.74, 6) is 0.0243. The first kappa shape index (κ1) is 24.9. The van der Waals surface area contributed by atoms with Crippen LogP contribution in [0.3, 0.4) is 0 Å². The second-order valence-electron chi connectivity index (χ2n) is 8.17. The van der Waals surface area contributed by atoms with Crippen LogP contribution in [0.2, 0.25) is 0 Å². The molecule has 2 aromatic carbocycles. The molecule has 0 aromatic heterocycles. The summed E-state index contributed by atoms with van der Waals surface area (Å²) in [5.41, 5.74) is -0.938. The lowest BCUT2D eigenvalue weighted by Crippen LogP contribution is -2.47. The van der Waals surface area contributed by atoms with Crippen LogP contribution in [0.5, 0.6) is 5.75 Å². The van der Waals surface area contributed by atoms with Crippen molar-refractivity contribution in [2.75, 3.05) is 17.1 Å². The molecule has 0 spiro atoms. The summed E-state index contributed by atoms with van der Waals surface area (Å²) in [5, 5.41) is 2.87. The lowest BCUT2D eigenvalue weighted by atomic mass is 9.83. The van der Waals surface area contributed by atoms with Gasteiger partial charge in [-0.25, -0.2) is 8.42 Å². The Bertz CT molecular complexity index is 1110. The molecule has 1 aliphatic rings. The van der Waals surface area contributed by atoms with Crippen molar-refractivity contribution in [3.8, 4) is 5.75 Å². The highest BCUT2D eigenvalue weighted by Gasteiger charge is 2.39. The minimum absolute atomic E-state index is 0.230. The summed E-state index contributed by atoms with van der Waals surface area (Å²) < 4.78 is 71.0. The molecule has 1 heterocycles. The molecule has 6 nitrogen and oxygen atoms in total. The molecular weight excluding hydrogens is 457 g/mol. The molecule has 33 heavy (non-hydrogen) atoms. The number of fused-ring (bicyclic) bond motifs is 1. The van der Waals surface area contributed by atoms with Gasteiger partial charge in [-0.3, -0.25) is 9.10 Å². The van der Waals surface area contributed by atoms with Crippen molar-refractivity contribution in [3.05, 3.63) is 59.7 Å². The van der Waals surface area contributed by atoms with Crippen molar-refractivity contribution in [1.82, 2.24) is 5.32 Å². The van der Waals surface area contributed by atoms with E-state index in [-0.39, 0.29) is 5.69 Å². The molecule has 0 aliphatic carbocycles. The first-order valence-electron chi connectivity index (χ1n) is 10.6. The maximum absolute atomic E-state index is 13.1. The van der Waals surface area contributed by atoms with E-state index in [9.17, 15) is 26.4 Å². The predicted molar refractivity (Wildman–Crippen MR) is 120 cm³/mol. The molecule has 0 saturated heterocycles. The number of ether oxygens (including phenoxy) is 1. The monoisotopic (exact) mass is 484 g/mol. The lowest BCUT2D eigenvalue weighted by Gasteiger charge is -2.41. The summed E-state index contributed by atoms with van der Waals surface area (Å²) >= 11 is 0. The van der Waals surface area contributed by atoms with Crippen LogP contribution >= 0.6 is 0 Å². The van der Waals surface area contributed by atoms with Gasteiger partial charge in [-0.2, -0.15) is 13.2 Å². The average molecular weight is 485 g/mol. The predicted octanol–water partition coefficient (Wildman–Crippen LogP) is 4.67. The standard InChI is InChI=1S/C23H27F3N2O4S/c1-4-22(5-2)14-19(18-11-6-7-12-20(18)32-22)27-21(29)15-28(33(3,30)31)17-10-8-9-16(13-17)23(24,25)26/h6-13,19H,4-5,14-15H2,1-3H3,(H,27,29)/t19-/m1/s1. The minimum Gasteiger partial charge on any atom is -0.487 e. The molecular formula is C23H27F3N2O4S. The van der Waals surface area contributed by atoms with Crippen LogP contribution in [0.1, 0.15) is 50.3 Å². The number of nitrogens with zero attached hydrogens (tertiary/aromatic N) is 1. The van der Waals surface area contributed by atoms with Crippen LogP contribution in [0, 0.1) is 0 Å². The Hall–Kier alpha value is -2.75. The Morgan fingerprint density at radius 1 is 1.15 bits per heavy atom. The summed E-state index contributed by atoms with van der Waals surface area (Å²) in [7, 11) is -4.03. The number of rotatable bonds is 7. The number of amides is 1. The van der Waals surface area contributed by atoms with Crippen molar-refractivity contribution in [3.63, 3.8) is 0 Å². The minimum atomic E-state index is -4.64. The van der Waals surface area contributed by atoms with E-state index in [2.05, 4.69) is 5.32 Å². The number of nitrogens with one attached hydrogen (secondary N) is 1. The highest BCUT2D eigenvalue weighted by atomic mass is 32.2. The number of carbonyl (C=O) groups is 1. The van der Waals surface area contributed by atoms with Crippen molar-refractivity contribution in [2.24, 2.45) is 0 Å². The van der Waals surface area contributed by atoms with E-state index in [1.165, 1.54) is 6.07 Å². The second kappa shape index (κ2) is 9.24. The number of anilines is 1. The fraction of sp³-hybridized carbons (Fsp3) is 0.435. The molecule has 1 N–H and O–H groups in total. The summed E-state index contributed by atoms with van der Waals surface area (Å²) in [6, 6.07) is 10.8. The molecule has 0 saturated carbocycles. The number of para-hydroxylation sites is 1. The van der Waals surface area contributed by atoms with Crippen LogP contribution in [-0.2, 0) is 21.0 Å². The average Bonchev–Trinajstić information content (AvgIpc) is 2.76. The fourth-order valence-corrected chi connectivity index (χ4v) is 4.89. The number of halogens is 3. The first-order chi connectivity index (χ1) is 15.4. The molecule has 0 radical (unpaired) electrons. The Kier molecular flexibility index (Phi) is 6.97. The zero-order valence-corrected chi connectivity index (χ0v) is 19.5. The van der Waals surface area contributed by atoms with Gasteiger partial charge in [-0.15, -0.1) is 0 Å². The first-order valence-corrected chi connectivity index (χ1v) is 12.5. The van der Waals surface area contributed by atoms with Crippen LogP contribution in [0.25, 0.3) is 0 Å². The molecule has 1 amide bonds. The van der Waals surface area contributed by atoms with E-state index in [4.69, 9.17) is 4.74 Å². The van der Waals surface area contributed by atoms with Crippen LogP contribution < -0.4 is 14.4 Å². The molecule has 0 bridgehead atoms. The molecule has 3 rings (SSSR count). The fourth-order valence-electron chi connectivity index (χ4n) is 4.04. The van der Waals surface area contributed by atoms with E-state index in [1.807, 2.05) is 38.1 Å². The number of hydrogen-bond acceptors (Lipinski definition) is 4. The maximum Gasteiger partial charge on any atom is 0.416 e. The number of carbonyl (C=O) groups excluding carboxylic acids is 1. The SMILES string of the molecule is CCC1(CC)C[C@@H](NC(=O)CN(c2cccc(C(F)(F)F)c2)S(C)(=O)=O)c2ccccc2O1. The third kappa shape index (κ3) is 5.61. The van der Waals surface area contributed by atoms with E-state index in [1.54, 1.807) is 0 Å². The largest absolute Gasteiger partial charge is 0.487 e. The van der Waals surface area contributed by atoms with Crippen molar-refractivity contribution in [2.45, 2.75) is 50.9 Å². The molecule has 0 unspecified atom stereocenters. The van der Waals surface area contributed by atoms with Crippen molar-refractivity contribution in [1.29, 1.82) is 0 Å². The highest BCUT2D eigenvalue weighted by Crippen LogP contribution is 2.42. The molecule has 0 fully saturated rings. The third-order valence-electron chi connectivity index (χ3n) is 5.97. The van der Waals surface area contributed by atoms with Crippen LogP contribution in [-0.4, -0.2) is 32.7 Å². The van der Waals surface area contributed by atoms with Gasteiger partial charge in [-0.1, -0.05) is 38.1 Å². The van der Waals surface area contributed by atoms with E-state index in [0.29, 0.717) is 29.3 Å². The van der Waals surface area contributed by atoms with E-state index >= 15 is 0 Å². The Balaban J connectivity index is 1.87. The van der Waals surface area contributed by atoms with Gasteiger partial charge < -0.3 is 10.1 Å². The summed E-state index contributed by atoms with van der Waals surface area (Å²) in [6.45, 7) is 3.34. The van der Waals surface area contributed by atoms with Gasteiger partial charge in [0.1, 0.15) is 17.9 Å². The second-order valence-corrected chi connectivity index (χ2v) is 10.1. The number of benzene rings is 2. The topological polar surface area (TPSA) is 75.7 Å². The molecule has 1 atom stereocenters. The summed E-state index contributed by atoms with van der Waals surface area (Å²) in [6.07, 6.45) is -1.88. The van der Waals surface area contributed by atoms with Crippen LogP contribution in [0.4, 0.5) is 18.9 Å². The Morgan fingerprint density at radius 2 is 1.82 bits per heavy atom. The smallest absolute Gasteiger partial charge is 0.416 e. The van der Waals surface area contributed by atoms with Gasteiger partial charge in [0.15, 0.2) is 0 Å². The number of sulfonamides is 1. The number of alkyl halides is 3. The quantitative estimate of drug-likeness (QED) is 0.620. The maximum atomic E-state index is 13.1. The van der Waals surface area contributed by atoms with Crippen LogP contribution in [0.15, 0.2) is 48.5 Å².